The van der Waals surface area contributed by atoms with Crippen LogP contribution in [0.15, 0.2) is 41.5 Å². The lowest BCUT2D eigenvalue weighted by Crippen LogP contribution is -2.40. The zero-order valence-electron chi connectivity index (χ0n) is 14.9. The average Bonchev–Trinajstić information content (AvgIpc) is 3.00. The van der Waals surface area contributed by atoms with Gasteiger partial charge in [0.1, 0.15) is 12.2 Å². The first-order valence-corrected chi connectivity index (χ1v) is 8.65. The van der Waals surface area contributed by atoms with Crippen LogP contribution in [0.5, 0.6) is 0 Å². The summed E-state index contributed by atoms with van der Waals surface area (Å²) in [5.74, 6) is -0.653. The minimum Gasteiger partial charge on any atom is -0.364 e. The lowest BCUT2D eigenvalue weighted by atomic mass is 10.1. The molecule has 0 atom stereocenters. The van der Waals surface area contributed by atoms with E-state index < -0.39 is 5.91 Å². The molecule has 0 fully saturated rings. The quantitative estimate of drug-likeness (QED) is 0.726. The first-order chi connectivity index (χ1) is 13.0. The predicted octanol–water partition coefficient (Wildman–Crippen LogP) is 0.419. The predicted molar refractivity (Wildman–Crippen MR) is 99.1 cm³/mol. The Kier molecular flexibility index (Phi) is 4.02. The molecule has 1 aliphatic rings. The van der Waals surface area contributed by atoms with Crippen LogP contribution in [0.4, 0.5) is 0 Å². The van der Waals surface area contributed by atoms with Crippen molar-refractivity contribution in [2.45, 2.75) is 19.5 Å². The highest BCUT2D eigenvalue weighted by Crippen LogP contribution is 2.22. The summed E-state index contributed by atoms with van der Waals surface area (Å²) in [6, 6.07) is 8.84. The Labute approximate surface area is 154 Å². The summed E-state index contributed by atoms with van der Waals surface area (Å²) in [7, 11) is 1.77. The van der Waals surface area contributed by atoms with E-state index in [1.807, 2.05) is 6.07 Å². The van der Waals surface area contributed by atoms with Crippen molar-refractivity contribution < 1.29 is 9.59 Å². The van der Waals surface area contributed by atoms with E-state index in [1.54, 1.807) is 40.8 Å². The molecule has 0 unspecified atom stereocenters. The molecule has 0 aliphatic carbocycles. The van der Waals surface area contributed by atoms with Crippen LogP contribution < -0.4 is 11.3 Å². The fourth-order valence-electron chi connectivity index (χ4n) is 3.56. The molecule has 4 rings (SSSR count). The summed E-state index contributed by atoms with van der Waals surface area (Å²) in [6.45, 7) is 0.844. The third-order valence-electron chi connectivity index (χ3n) is 5.08. The van der Waals surface area contributed by atoms with Crippen molar-refractivity contribution in [3.05, 3.63) is 64.0 Å². The van der Waals surface area contributed by atoms with Crippen molar-refractivity contribution in [2.24, 2.45) is 12.8 Å². The van der Waals surface area contributed by atoms with E-state index in [-0.39, 0.29) is 18.0 Å². The number of carbonyl (C=O) groups is 2. The Morgan fingerprint density at radius 1 is 1.26 bits per heavy atom. The highest BCUT2D eigenvalue weighted by molar-refractivity contribution is 5.91. The van der Waals surface area contributed by atoms with E-state index in [4.69, 9.17) is 5.73 Å². The third-order valence-corrected chi connectivity index (χ3v) is 5.08. The van der Waals surface area contributed by atoms with Gasteiger partial charge >= 0.3 is 0 Å². The number of amides is 2. The van der Waals surface area contributed by atoms with Crippen molar-refractivity contribution in [3.8, 4) is 0 Å². The minimum atomic E-state index is -0.487. The molecule has 0 spiro atoms. The monoisotopic (exact) mass is 365 g/mol. The summed E-state index contributed by atoms with van der Waals surface area (Å²) >= 11 is 0. The molecule has 1 aliphatic heterocycles. The maximum Gasteiger partial charge on any atom is 0.265 e. The highest BCUT2D eigenvalue weighted by Gasteiger charge is 2.26. The number of hydrogen-bond acceptors (Lipinski definition) is 4. The van der Waals surface area contributed by atoms with Crippen LogP contribution in [0.2, 0.25) is 0 Å². The smallest absolute Gasteiger partial charge is 0.265 e. The molecule has 0 saturated heterocycles. The number of para-hydroxylation sites is 1. The van der Waals surface area contributed by atoms with Crippen molar-refractivity contribution >= 4 is 22.7 Å². The van der Waals surface area contributed by atoms with Crippen LogP contribution in [0, 0.1) is 0 Å². The van der Waals surface area contributed by atoms with Crippen LogP contribution >= 0.6 is 0 Å². The standard InChI is InChI=1S/C19H19N5O3/c1-22-15(18(20)26)8-12-6-7-23(9-16(12)22)17(25)10-24-11-21-14-5-3-2-4-13(14)19(24)27/h2-5,8,11H,6-7,9-10H2,1H3,(H2,20,26). The molecule has 138 valence electrons. The Morgan fingerprint density at radius 3 is 2.81 bits per heavy atom. The molecule has 0 bridgehead atoms. The molecule has 0 radical (unpaired) electrons. The van der Waals surface area contributed by atoms with Gasteiger partial charge in [0.2, 0.25) is 5.91 Å². The SMILES string of the molecule is Cn1c(C(N)=O)cc2c1CN(C(=O)Cn1cnc3ccccc3c1=O)CC2. The van der Waals surface area contributed by atoms with E-state index in [2.05, 4.69) is 4.98 Å². The van der Waals surface area contributed by atoms with E-state index in [0.717, 1.165) is 11.3 Å². The van der Waals surface area contributed by atoms with E-state index in [0.29, 0.717) is 36.1 Å². The molecule has 0 saturated carbocycles. The number of benzene rings is 1. The lowest BCUT2D eigenvalue weighted by molar-refractivity contribution is -0.132. The van der Waals surface area contributed by atoms with Gasteiger partial charge in [0.25, 0.3) is 11.5 Å². The number of fused-ring (bicyclic) bond motifs is 2. The summed E-state index contributed by atoms with van der Waals surface area (Å²) < 4.78 is 3.07. The van der Waals surface area contributed by atoms with Gasteiger partial charge in [-0.2, -0.15) is 0 Å². The number of nitrogens with two attached hydrogens (primary N) is 1. The second-order valence-electron chi connectivity index (χ2n) is 6.68. The van der Waals surface area contributed by atoms with Crippen LogP contribution in [-0.2, 0) is 31.4 Å². The molecule has 8 nitrogen and oxygen atoms in total. The molecule has 1 aromatic carbocycles. The maximum absolute atomic E-state index is 12.8. The first-order valence-electron chi connectivity index (χ1n) is 8.65. The van der Waals surface area contributed by atoms with Gasteiger partial charge in [0.15, 0.2) is 0 Å². The summed E-state index contributed by atoms with van der Waals surface area (Å²) in [6.07, 6.45) is 2.05. The summed E-state index contributed by atoms with van der Waals surface area (Å²) in [5.41, 5.74) is 8.13. The molecule has 27 heavy (non-hydrogen) atoms. The molecule has 8 heteroatoms. The second kappa shape index (κ2) is 6.39. The Morgan fingerprint density at radius 2 is 2.04 bits per heavy atom. The van der Waals surface area contributed by atoms with E-state index in [9.17, 15) is 14.4 Å². The largest absolute Gasteiger partial charge is 0.364 e. The fourth-order valence-corrected chi connectivity index (χ4v) is 3.56. The van der Waals surface area contributed by atoms with Gasteiger partial charge in [-0.3, -0.25) is 19.0 Å². The van der Waals surface area contributed by atoms with E-state index in [1.165, 1.54) is 10.9 Å². The number of primary amides is 1. The van der Waals surface area contributed by atoms with Gasteiger partial charge < -0.3 is 15.2 Å². The number of nitrogens with zero attached hydrogens (tertiary/aromatic N) is 4. The van der Waals surface area contributed by atoms with Crippen molar-refractivity contribution in [1.29, 1.82) is 0 Å². The van der Waals surface area contributed by atoms with Gasteiger partial charge in [-0.1, -0.05) is 12.1 Å². The van der Waals surface area contributed by atoms with Crippen LogP contribution in [-0.4, -0.2) is 37.4 Å². The average molecular weight is 365 g/mol. The van der Waals surface area contributed by atoms with Crippen LogP contribution in [0.25, 0.3) is 10.9 Å². The number of carbonyl (C=O) groups excluding carboxylic acids is 2. The van der Waals surface area contributed by atoms with Crippen molar-refractivity contribution in [2.75, 3.05) is 6.54 Å². The lowest BCUT2D eigenvalue weighted by Gasteiger charge is -2.28. The second-order valence-corrected chi connectivity index (χ2v) is 6.68. The molecule has 2 amide bonds. The molecular weight excluding hydrogens is 346 g/mol. The first kappa shape index (κ1) is 17.0. The number of aromatic nitrogens is 3. The molecule has 3 heterocycles. The number of rotatable bonds is 3. The van der Waals surface area contributed by atoms with Crippen molar-refractivity contribution in [3.63, 3.8) is 0 Å². The summed E-state index contributed by atoms with van der Waals surface area (Å²) in [4.78, 5) is 42.8. The fraction of sp³-hybridized carbons (Fsp3) is 0.263. The van der Waals surface area contributed by atoms with Gasteiger partial charge in [0, 0.05) is 19.3 Å². The van der Waals surface area contributed by atoms with Gasteiger partial charge in [-0.15, -0.1) is 0 Å². The van der Waals surface area contributed by atoms with Crippen molar-refractivity contribution in [1.82, 2.24) is 19.0 Å². The Bertz CT molecular complexity index is 1130. The summed E-state index contributed by atoms with van der Waals surface area (Å²) in [5, 5.41) is 0.488. The highest BCUT2D eigenvalue weighted by atomic mass is 16.2. The van der Waals surface area contributed by atoms with Gasteiger partial charge in [-0.25, -0.2) is 4.98 Å². The van der Waals surface area contributed by atoms with Crippen LogP contribution in [0.1, 0.15) is 21.7 Å². The zero-order chi connectivity index (χ0) is 19.1. The van der Waals surface area contributed by atoms with Crippen LogP contribution in [0.3, 0.4) is 0 Å². The minimum absolute atomic E-state index is 0.0703. The molecular formula is C19H19N5O3. The molecule has 3 aromatic rings. The topological polar surface area (TPSA) is 103 Å². The Hall–Kier alpha value is -3.42. The van der Waals surface area contributed by atoms with E-state index >= 15 is 0 Å². The third kappa shape index (κ3) is 2.88. The zero-order valence-corrected chi connectivity index (χ0v) is 14.9. The molecule has 2 aromatic heterocycles. The maximum atomic E-state index is 12.8. The molecule has 2 N–H and O–H groups in total. The van der Waals surface area contributed by atoms with Gasteiger partial charge in [-0.05, 0) is 30.2 Å². The Balaban J connectivity index is 1.57. The van der Waals surface area contributed by atoms with Gasteiger partial charge in [0.05, 0.1) is 23.8 Å². The number of hydrogen-bond donors (Lipinski definition) is 1. The normalized spacial score (nSPS) is 13.6.